The summed E-state index contributed by atoms with van der Waals surface area (Å²) in [5.74, 6) is -1.31. The van der Waals surface area contributed by atoms with Gasteiger partial charge in [-0.2, -0.15) is 0 Å². The van der Waals surface area contributed by atoms with Crippen molar-refractivity contribution < 1.29 is 33.7 Å². The number of aliphatic hydroxyl groups excluding tert-OH is 1. The first-order chi connectivity index (χ1) is 12.2. The lowest BCUT2D eigenvalue weighted by atomic mass is 9.80. The SMILES string of the molecule is COC(=O)[C@H]1C[C@H](O)[C@@H](NC(=O)OC(C)(C)C)C[C@H]1NC(=O)OC(C)(C)C. The Morgan fingerprint density at radius 1 is 0.852 bits per heavy atom. The smallest absolute Gasteiger partial charge is 0.407 e. The van der Waals surface area contributed by atoms with E-state index in [1.165, 1.54) is 7.11 Å². The third-order valence-corrected chi connectivity index (χ3v) is 3.86. The van der Waals surface area contributed by atoms with E-state index < -0.39 is 53.5 Å². The maximum Gasteiger partial charge on any atom is 0.407 e. The Labute approximate surface area is 160 Å². The van der Waals surface area contributed by atoms with Crippen LogP contribution in [0.4, 0.5) is 9.59 Å². The summed E-state index contributed by atoms with van der Waals surface area (Å²) in [5.41, 5.74) is -1.39. The van der Waals surface area contributed by atoms with E-state index in [0.29, 0.717) is 0 Å². The van der Waals surface area contributed by atoms with E-state index in [2.05, 4.69) is 10.6 Å². The molecule has 9 heteroatoms. The van der Waals surface area contributed by atoms with Crippen molar-refractivity contribution >= 4 is 18.2 Å². The van der Waals surface area contributed by atoms with Gasteiger partial charge in [-0.1, -0.05) is 0 Å². The Morgan fingerprint density at radius 2 is 1.30 bits per heavy atom. The summed E-state index contributed by atoms with van der Waals surface area (Å²) in [6.45, 7) is 10.4. The van der Waals surface area contributed by atoms with Crippen molar-refractivity contribution in [2.24, 2.45) is 5.92 Å². The summed E-state index contributed by atoms with van der Waals surface area (Å²) in [6, 6.07) is -1.36. The van der Waals surface area contributed by atoms with E-state index >= 15 is 0 Å². The number of amides is 2. The first-order valence-electron chi connectivity index (χ1n) is 8.97. The lowest BCUT2D eigenvalue weighted by molar-refractivity contribution is -0.149. The molecule has 1 fully saturated rings. The molecule has 0 unspecified atom stereocenters. The summed E-state index contributed by atoms with van der Waals surface area (Å²) in [5, 5.41) is 15.6. The fraction of sp³-hybridized carbons (Fsp3) is 0.833. The van der Waals surface area contributed by atoms with Gasteiger partial charge in [0.2, 0.25) is 0 Å². The van der Waals surface area contributed by atoms with E-state index in [9.17, 15) is 19.5 Å². The third-order valence-electron chi connectivity index (χ3n) is 3.86. The molecular weight excluding hydrogens is 356 g/mol. The molecule has 2 amide bonds. The molecular formula is C18H32N2O7. The molecule has 1 saturated carbocycles. The highest BCUT2D eigenvalue weighted by Crippen LogP contribution is 2.27. The number of methoxy groups -OCH3 is 1. The molecule has 0 aromatic carbocycles. The Hall–Kier alpha value is -2.03. The highest BCUT2D eigenvalue weighted by molar-refractivity contribution is 5.76. The van der Waals surface area contributed by atoms with Crippen molar-refractivity contribution in [2.45, 2.75) is 83.8 Å². The molecule has 0 radical (unpaired) electrons. The van der Waals surface area contributed by atoms with Gasteiger partial charge in [-0.3, -0.25) is 4.79 Å². The monoisotopic (exact) mass is 388 g/mol. The maximum atomic E-state index is 12.1. The van der Waals surface area contributed by atoms with Crippen LogP contribution in [0, 0.1) is 5.92 Å². The van der Waals surface area contributed by atoms with E-state index in [0.717, 1.165) is 0 Å². The van der Waals surface area contributed by atoms with Gasteiger partial charge < -0.3 is 30.0 Å². The molecule has 9 nitrogen and oxygen atoms in total. The number of nitrogens with one attached hydrogen (secondary N) is 2. The molecule has 0 heterocycles. The number of carbonyl (C=O) groups excluding carboxylic acids is 3. The van der Waals surface area contributed by atoms with Gasteiger partial charge in [-0.15, -0.1) is 0 Å². The van der Waals surface area contributed by atoms with Gasteiger partial charge in [0, 0.05) is 6.04 Å². The molecule has 0 aliphatic heterocycles. The van der Waals surface area contributed by atoms with Crippen LogP contribution < -0.4 is 10.6 Å². The molecule has 4 atom stereocenters. The maximum absolute atomic E-state index is 12.1. The normalized spacial score (nSPS) is 25.9. The Bertz CT molecular complexity index is 551. The molecule has 1 aliphatic rings. The van der Waals surface area contributed by atoms with Crippen LogP contribution in [-0.4, -0.2) is 59.8 Å². The highest BCUT2D eigenvalue weighted by atomic mass is 16.6. The number of ether oxygens (including phenoxy) is 3. The van der Waals surface area contributed by atoms with Crippen molar-refractivity contribution in [2.75, 3.05) is 7.11 Å². The average Bonchev–Trinajstić information content (AvgIpc) is 2.45. The Kier molecular flexibility index (Phi) is 7.48. The van der Waals surface area contributed by atoms with Crippen LogP contribution in [0.25, 0.3) is 0 Å². The average molecular weight is 388 g/mol. The molecule has 3 N–H and O–H groups in total. The summed E-state index contributed by atoms with van der Waals surface area (Å²) < 4.78 is 15.2. The minimum atomic E-state index is -0.988. The number of hydrogen-bond acceptors (Lipinski definition) is 7. The molecule has 1 aliphatic carbocycles. The summed E-state index contributed by atoms with van der Waals surface area (Å²) in [6.07, 6.45) is -2.21. The van der Waals surface area contributed by atoms with Gasteiger partial charge in [-0.05, 0) is 54.4 Å². The molecule has 156 valence electrons. The summed E-state index contributed by atoms with van der Waals surface area (Å²) in [7, 11) is 1.24. The fourth-order valence-corrected chi connectivity index (χ4v) is 2.83. The second-order valence-corrected chi connectivity index (χ2v) is 8.67. The molecule has 27 heavy (non-hydrogen) atoms. The molecule has 0 aromatic rings. The van der Waals surface area contributed by atoms with E-state index in [1.807, 2.05) is 0 Å². The molecule has 0 bridgehead atoms. The van der Waals surface area contributed by atoms with Crippen LogP contribution in [0.3, 0.4) is 0 Å². The first-order valence-corrected chi connectivity index (χ1v) is 8.97. The van der Waals surface area contributed by atoms with Crippen LogP contribution >= 0.6 is 0 Å². The fourth-order valence-electron chi connectivity index (χ4n) is 2.83. The van der Waals surface area contributed by atoms with Gasteiger partial charge in [0.25, 0.3) is 0 Å². The topological polar surface area (TPSA) is 123 Å². The summed E-state index contributed by atoms with van der Waals surface area (Å²) in [4.78, 5) is 36.2. The second-order valence-electron chi connectivity index (χ2n) is 8.67. The minimum absolute atomic E-state index is 0.0214. The predicted molar refractivity (Wildman–Crippen MR) is 97.1 cm³/mol. The van der Waals surface area contributed by atoms with Gasteiger partial charge in [0.05, 0.1) is 25.2 Å². The van der Waals surface area contributed by atoms with Crippen LogP contribution in [0.15, 0.2) is 0 Å². The number of rotatable bonds is 3. The van der Waals surface area contributed by atoms with Gasteiger partial charge in [-0.25, -0.2) is 9.59 Å². The summed E-state index contributed by atoms with van der Waals surface area (Å²) >= 11 is 0. The van der Waals surface area contributed by atoms with Gasteiger partial charge >= 0.3 is 18.2 Å². The van der Waals surface area contributed by atoms with E-state index in [4.69, 9.17) is 14.2 Å². The van der Waals surface area contributed by atoms with E-state index in [-0.39, 0.29) is 12.8 Å². The zero-order valence-corrected chi connectivity index (χ0v) is 17.1. The second kappa shape index (κ2) is 8.77. The molecule has 0 spiro atoms. The van der Waals surface area contributed by atoms with Crippen molar-refractivity contribution in [3.63, 3.8) is 0 Å². The molecule has 1 rings (SSSR count). The van der Waals surface area contributed by atoms with Crippen LogP contribution in [0.5, 0.6) is 0 Å². The first kappa shape index (κ1) is 23.0. The van der Waals surface area contributed by atoms with Gasteiger partial charge in [0.1, 0.15) is 11.2 Å². The standard InChI is InChI=1S/C18H32N2O7/c1-17(2,3)26-15(23)19-11-9-12(20-16(24)27-18(4,5)6)13(21)8-10(11)14(22)25-7/h10-13,21H,8-9H2,1-7H3,(H,19,23)(H,20,24)/t10-,11+,12-,13-/m0/s1. The van der Waals surface area contributed by atoms with Gasteiger partial charge in [0.15, 0.2) is 0 Å². The number of esters is 1. The highest BCUT2D eigenvalue weighted by Gasteiger charge is 2.42. The van der Waals surface area contributed by atoms with Crippen LogP contribution in [-0.2, 0) is 19.0 Å². The number of hydrogen-bond donors (Lipinski definition) is 3. The lowest BCUT2D eigenvalue weighted by Gasteiger charge is -2.38. The zero-order chi connectivity index (χ0) is 21.0. The number of carbonyl (C=O) groups is 3. The van der Waals surface area contributed by atoms with Crippen molar-refractivity contribution in [1.29, 1.82) is 0 Å². The Balaban J connectivity index is 2.86. The predicted octanol–water partition coefficient (Wildman–Crippen LogP) is 1.72. The molecule has 0 aromatic heterocycles. The van der Waals surface area contributed by atoms with Crippen LogP contribution in [0.1, 0.15) is 54.4 Å². The van der Waals surface area contributed by atoms with Crippen LogP contribution in [0.2, 0.25) is 0 Å². The lowest BCUT2D eigenvalue weighted by Crippen LogP contribution is -2.58. The van der Waals surface area contributed by atoms with E-state index in [1.54, 1.807) is 41.5 Å². The third kappa shape index (κ3) is 8.03. The number of alkyl carbamates (subject to hydrolysis) is 2. The van der Waals surface area contributed by atoms with Crippen molar-refractivity contribution in [3.05, 3.63) is 0 Å². The largest absolute Gasteiger partial charge is 0.469 e. The quantitative estimate of drug-likeness (QED) is 0.497. The van der Waals surface area contributed by atoms with Crippen molar-refractivity contribution in [1.82, 2.24) is 10.6 Å². The minimum Gasteiger partial charge on any atom is -0.469 e. The zero-order valence-electron chi connectivity index (χ0n) is 17.1. The Morgan fingerprint density at radius 3 is 1.70 bits per heavy atom. The van der Waals surface area contributed by atoms with Crippen molar-refractivity contribution in [3.8, 4) is 0 Å². The molecule has 0 saturated heterocycles. The number of aliphatic hydroxyl groups is 1.